The molecule has 4 nitrogen and oxygen atoms in total. The smallest absolute Gasteiger partial charge is 0.289 e. The lowest BCUT2D eigenvalue weighted by molar-refractivity contribution is -0.741. The molecule has 1 aromatic carbocycles. The molecule has 0 aliphatic heterocycles. The fraction of sp³-hybridized carbons (Fsp3) is 0.200. The number of methoxy groups -OCH3 is 1. The summed E-state index contributed by atoms with van der Waals surface area (Å²) < 4.78 is 6.97. The molecule has 0 radical (unpaired) electrons. The molecule has 0 amide bonds. The maximum Gasteiger partial charge on any atom is 0.289 e. The molecule has 0 aliphatic carbocycles. The Hall–Kier alpha value is -2.14. The van der Waals surface area contributed by atoms with Crippen molar-refractivity contribution in [3.05, 3.63) is 46.4 Å². The molecule has 1 aromatic heterocycles. The molecule has 2 rings (SSSR count). The van der Waals surface area contributed by atoms with Crippen LogP contribution in [-0.4, -0.2) is 17.3 Å². The van der Waals surface area contributed by atoms with Crippen molar-refractivity contribution < 1.29 is 14.5 Å². The minimum Gasteiger partial charge on any atom is -0.504 e. The molecule has 0 atom stereocenters. The normalized spacial score (nSPS) is 10.9. The van der Waals surface area contributed by atoms with Crippen LogP contribution in [0.5, 0.6) is 11.5 Å². The maximum absolute atomic E-state index is 10.0. The third-order valence-electron chi connectivity index (χ3n) is 2.73. The zero-order chi connectivity index (χ0) is 14.5. The van der Waals surface area contributed by atoms with Crippen LogP contribution in [0.15, 0.2) is 30.9 Å². The third-order valence-corrected chi connectivity index (χ3v) is 3.66. The predicted octanol–water partition coefficient (Wildman–Crippen LogP) is 2.81. The van der Waals surface area contributed by atoms with Gasteiger partial charge in [-0.3, -0.25) is 0 Å². The molecule has 0 saturated carbocycles. The van der Waals surface area contributed by atoms with Crippen molar-refractivity contribution in [2.75, 3.05) is 7.11 Å². The van der Waals surface area contributed by atoms with E-state index in [-0.39, 0.29) is 5.75 Å². The van der Waals surface area contributed by atoms with Crippen LogP contribution in [0.1, 0.15) is 15.6 Å². The molecule has 20 heavy (non-hydrogen) atoms. The van der Waals surface area contributed by atoms with Crippen LogP contribution in [0.25, 0.3) is 12.2 Å². The topological polar surface area (TPSA) is 46.2 Å². The molecule has 0 spiro atoms. The highest BCUT2D eigenvalue weighted by Gasteiger charge is 2.13. The minimum atomic E-state index is 0.141. The summed E-state index contributed by atoms with van der Waals surface area (Å²) >= 11 is 1.59. The summed E-state index contributed by atoms with van der Waals surface area (Å²) in [5, 5.41) is 16.4. The first-order valence-corrected chi connectivity index (χ1v) is 7.00. The highest BCUT2D eigenvalue weighted by atomic mass is 32.1. The Morgan fingerprint density at radius 1 is 1.45 bits per heavy atom. The van der Waals surface area contributed by atoms with Crippen LogP contribution >= 0.6 is 11.3 Å². The number of aryl methyl sites for hydroxylation is 1. The van der Waals surface area contributed by atoms with Gasteiger partial charge >= 0.3 is 0 Å². The molecule has 0 bridgehead atoms. The molecule has 104 valence electrons. The highest BCUT2D eigenvalue weighted by molar-refractivity contribution is 7.11. The molecule has 0 fully saturated rings. The molecule has 0 saturated heterocycles. The fourth-order valence-corrected chi connectivity index (χ4v) is 2.62. The van der Waals surface area contributed by atoms with Gasteiger partial charge in [-0.05, 0) is 36.5 Å². The van der Waals surface area contributed by atoms with Crippen LogP contribution in [0, 0.1) is 6.92 Å². The second-order valence-electron chi connectivity index (χ2n) is 4.16. The van der Waals surface area contributed by atoms with Crippen LogP contribution in [0.2, 0.25) is 0 Å². The van der Waals surface area contributed by atoms with Gasteiger partial charge in [-0.15, -0.1) is 0 Å². The van der Waals surface area contributed by atoms with E-state index in [1.807, 2.05) is 35.9 Å². The number of ether oxygens (including phenoxy) is 1. The zero-order valence-electron chi connectivity index (χ0n) is 11.5. The van der Waals surface area contributed by atoms with Gasteiger partial charge in [0.25, 0.3) is 5.01 Å². The van der Waals surface area contributed by atoms with Crippen molar-refractivity contribution in [3.63, 3.8) is 0 Å². The van der Waals surface area contributed by atoms with Crippen LogP contribution in [0.3, 0.4) is 0 Å². The summed E-state index contributed by atoms with van der Waals surface area (Å²) in [6.07, 6.45) is 5.59. The van der Waals surface area contributed by atoms with Gasteiger partial charge < -0.3 is 9.84 Å². The van der Waals surface area contributed by atoms with Gasteiger partial charge in [-0.2, -0.15) is 0 Å². The molecular formula is C15H17N2O2S+. The van der Waals surface area contributed by atoms with E-state index < -0.39 is 0 Å². The van der Waals surface area contributed by atoms with Gasteiger partial charge in [0.05, 0.1) is 7.11 Å². The van der Waals surface area contributed by atoms with Gasteiger partial charge in [0.1, 0.15) is 0 Å². The third kappa shape index (κ3) is 3.05. The molecule has 1 N–H and O–H groups in total. The van der Waals surface area contributed by atoms with E-state index in [4.69, 9.17) is 4.74 Å². The van der Waals surface area contributed by atoms with E-state index in [9.17, 15) is 5.11 Å². The minimum absolute atomic E-state index is 0.141. The van der Waals surface area contributed by atoms with Gasteiger partial charge in [0, 0.05) is 16.7 Å². The molecule has 0 unspecified atom stereocenters. The lowest BCUT2D eigenvalue weighted by atomic mass is 10.1. The Bertz CT molecular complexity index is 647. The number of phenols is 1. The highest BCUT2D eigenvalue weighted by Crippen LogP contribution is 2.30. The summed E-state index contributed by atoms with van der Waals surface area (Å²) in [5.41, 5.74) is 0.709. The number of benzene rings is 1. The van der Waals surface area contributed by atoms with Crippen LogP contribution in [0.4, 0.5) is 0 Å². The number of aromatic nitrogens is 2. The largest absolute Gasteiger partial charge is 0.504 e. The standard InChI is InChI=1S/C15H16N2O2S/c1-4-10-17-14(20-11(2)16-17)9-8-12-6-5-7-13(19-3)15(12)18/h4-9H,1,10H2,2-3H3/p+1. The van der Waals surface area contributed by atoms with E-state index in [1.54, 1.807) is 23.5 Å². The van der Waals surface area contributed by atoms with Gasteiger partial charge in [0.15, 0.2) is 23.1 Å². The number of para-hydroxylation sites is 1. The molecule has 0 aliphatic rings. The molecular weight excluding hydrogens is 272 g/mol. The lowest BCUT2D eigenvalue weighted by Gasteiger charge is -2.04. The first kappa shape index (κ1) is 14.3. The van der Waals surface area contributed by atoms with Crippen LogP contribution < -0.4 is 9.42 Å². The quantitative estimate of drug-likeness (QED) is 0.680. The Kier molecular flexibility index (Phi) is 4.53. The number of nitrogens with zero attached hydrogens (tertiary/aromatic N) is 2. The molecule has 2 aromatic rings. The van der Waals surface area contributed by atoms with Crippen molar-refractivity contribution in [2.24, 2.45) is 0 Å². The van der Waals surface area contributed by atoms with Crippen molar-refractivity contribution in [1.82, 2.24) is 5.10 Å². The Balaban J connectivity index is 2.32. The van der Waals surface area contributed by atoms with Crippen molar-refractivity contribution in [3.8, 4) is 11.5 Å². The average molecular weight is 289 g/mol. The van der Waals surface area contributed by atoms with Crippen molar-refractivity contribution in [1.29, 1.82) is 0 Å². The van der Waals surface area contributed by atoms with Gasteiger partial charge in [0.2, 0.25) is 0 Å². The average Bonchev–Trinajstić information content (AvgIpc) is 2.78. The first-order chi connectivity index (χ1) is 9.65. The summed E-state index contributed by atoms with van der Waals surface area (Å²) in [4.78, 5) is 0. The van der Waals surface area contributed by atoms with Crippen LogP contribution in [-0.2, 0) is 6.54 Å². The molecule has 5 heteroatoms. The van der Waals surface area contributed by atoms with E-state index in [0.717, 1.165) is 10.0 Å². The Labute approximate surface area is 122 Å². The van der Waals surface area contributed by atoms with Crippen molar-refractivity contribution in [2.45, 2.75) is 13.5 Å². The Morgan fingerprint density at radius 2 is 2.25 bits per heavy atom. The number of allylic oxidation sites excluding steroid dienone is 1. The van der Waals surface area contributed by atoms with E-state index in [1.165, 1.54) is 7.11 Å². The summed E-state index contributed by atoms with van der Waals surface area (Å²) in [7, 11) is 1.53. The summed E-state index contributed by atoms with van der Waals surface area (Å²) in [6.45, 7) is 6.35. The molecule has 1 heterocycles. The fourth-order valence-electron chi connectivity index (χ4n) is 1.82. The number of phenolic OH excluding ortho intramolecular Hbond substituents is 1. The first-order valence-electron chi connectivity index (χ1n) is 6.18. The van der Waals surface area contributed by atoms with E-state index >= 15 is 0 Å². The SMILES string of the molecule is C=CC[n+]1nc(C)sc1C=Cc1cccc(OC)c1O. The van der Waals surface area contributed by atoms with Crippen molar-refractivity contribution >= 4 is 23.5 Å². The van der Waals surface area contributed by atoms with E-state index in [2.05, 4.69) is 11.7 Å². The second-order valence-corrected chi connectivity index (χ2v) is 5.37. The second kappa shape index (κ2) is 6.34. The number of hydrogen-bond donors (Lipinski definition) is 1. The summed E-state index contributed by atoms with van der Waals surface area (Å²) in [6, 6.07) is 5.40. The zero-order valence-corrected chi connectivity index (χ0v) is 12.4. The lowest BCUT2D eigenvalue weighted by Crippen LogP contribution is -2.37. The number of hydrogen-bond acceptors (Lipinski definition) is 4. The van der Waals surface area contributed by atoms with Gasteiger partial charge in [-0.25, -0.2) is 0 Å². The number of aromatic hydroxyl groups is 1. The monoisotopic (exact) mass is 289 g/mol. The maximum atomic E-state index is 10.0. The number of rotatable bonds is 5. The van der Waals surface area contributed by atoms with Gasteiger partial charge in [-0.1, -0.05) is 23.4 Å². The predicted molar refractivity (Wildman–Crippen MR) is 80.8 cm³/mol. The van der Waals surface area contributed by atoms with E-state index in [0.29, 0.717) is 17.9 Å². The summed E-state index contributed by atoms with van der Waals surface area (Å²) in [5.74, 6) is 0.606. The Morgan fingerprint density at radius 3 is 2.95 bits per heavy atom.